The first-order valence-electron chi connectivity index (χ1n) is 21.0. The number of furan rings is 1. The number of benzene rings is 9. The van der Waals surface area contributed by atoms with Gasteiger partial charge >= 0.3 is 0 Å². The molecule has 0 amide bonds. The van der Waals surface area contributed by atoms with Gasteiger partial charge in [0, 0.05) is 27.6 Å². The molecule has 1 aromatic heterocycles. The molecule has 0 radical (unpaired) electrons. The first kappa shape index (κ1) is 33.5. The van der Waals surface area contributed by atoms with Crippen molar-refractivity contribution >= 4 is 39.0 Å². The largest absolute Gasteiger partial charge is 0.456 e. The van der Waals surface area contributed by atoms with Gasteiger partial charge in [-0.2, -0.15) is 0 Å². The highest BCUT2D eigenvalue weighted by atomic mass is 16.3. The average molecular weight is 766 g/mol. The van der Waals surface area contributed by atoms with E-state index in [1.165, 1.54) is 83.6 Å². The predicted molar refractivity (Wildman–Crippen MR) is 248 cm³/mol. The molecular weight excluding hydrogens is 727 g/mol. The summed E-state index contributed by atoms with van der Waals surface area (Å²) in [5.74, 6) is 0. The summed E-state index contributed by atoms with van der Waals surface area (Å²) in [6.45, 7) is 4.84. The van der Waals surface area contributed by atoms with Crippen molar-refractivity contribution in [3.63, 3.8) is 0 Å². The minimum atomic E-state index is -0.495. The Balaban J connectivity index is 1.16. The van der Waals surface area contributed by atoms with E-state index >= 15 is 0 Å². The quantitative estimate of drug-likeness (QED) is 0.177. The van der Waals surface area contributed by atoms with E-state index in [2.05, 4.69) is 219 Å². The Morgan fingerprint density at radius 2 is 0.900 bits per heavy atom. The molecule has 3 aliphatic rings. The summed E-state index contributed by atoms with van der Waals surface area (Å²) in [5.41, 5.74) is 22.8. The average Bonchev–Trinajstić information content (AvgIpc) is 3.99. The second-order valence-corrected chi connectivity index (χ2v) is 17.2. The summed E-state index contributed by atoms with van der Waals surface area (Å²) in [6, 6.07) is 74.1. The fourth-order valence-corrected chi connectivity index (χ4v) is 11.4. The lowest BCUT2D eigenvalue weighted by Gasteiger charge is -2.35. The van der Waals surface area contributed by atoms with E-state index in [1.54, 1.807) is 0 Å². The van der Waals surface area contributed by atoms with Gasteiger partial charge in [0.05, 0.1) is 11.1 Å². The van der Waals surface area contributed by atoms with E-state index in [9.17, 15) is 0 Å². The van der Waals surface area contributed by atoms with Gasteiger partial charge in [0.15, 0.2) is 0 Å². The monoisotopic (exact) mass is 765 g/mol. The van der Waals surface area contributed by atoms with Gasteiger partial charge in [0.25, 0.3) is 0 Å². The van der Waals surface area contributed by atoms with Crippen molar-refractivity contribution in [1.29, 1.82) is 0 Å². The molecule has 0 atom stereocenters. The molecule has 0 bridgehead atoms. The van der Waals surface area contributed by atoms with Crippen LogP contribution in [0.15, 0.2) is 205 Å². The Labute approximate surface area is 349 Å². The third-order valence-corrected chi connectivity index (χ3v) is 13.8. The Bertz CT molecular complexity index is 3360. The van der Waals surface area contributed by atoms with E-state index in [-0.39, 0.29) is 5.41 Å². The van der Waals surface area contributed by atoms with Crippen molar-refractivity contribution < 1.29 is 4.42 Å². The zero-order valence-electron chi connectivity index (χ0n) is 33.4. The van der Waals surface area contributed by atoms with Crippen molar-refractivity contribution in [2.45, 2.75) is 24.7 Å². The summed E-state index contributed by atoms with van der Waals surface area (Å²) < 4.78 is 6.55. The number of hydrogen-bond acceptors (Lipinski definition) is 2. The van der Waals surface area contributed by atoms with Crippen molar-refractivity contribution in [2.24, 2.45) is 0 Å². The van der Waals surface area contributed by atoms with Crippen molar-refractivity contribution in [2.75, 3.05) is 4.90 Å². The number of hydrogen-bond donors (Lipinski definition) is 0. The molecule has 2 heteroatoms. The summed E-state index contributed by atoms with van der Waals surface area (Å²) in [5, 5.41) is 2.21. The number of fused-ring (bicyclic) bond motifs is 17. The number of nitrogens with zero attached hydrogens (tertiary/aromatic N) is 1. The van der Waals surface area contributed by atoms with E-state index in [1.807, 2.05) is 0 Å². The maximum Gasteiger partial charge on any atom is 0.135 e. The molecule has 0 aliphatic heterocycles. The smallest absolute Gasteiger partial charge is 0.135 e. The Hall–Kier alpha value is -7.42. The third-order valence-electron chi connectivity index (χ3n) is 13.8. The first-order valence-corrected chi connectivity index (χ1v) is 21.0. The topological polar surface area (TPSA) is 16.4 Å². The van der Waals surface area contributed by atoms with Crippen LogP contribution in [-0.4, -0.2) is 0 Å². The van der Waals surface area contributed by atoms with Crippen LogP contribution in [0.4, 0.5) is 17.1 Å². The van der Waals surface area contributed by atoms with Crippen LogP contribution in [0.2, 0.25) is 0 Å². The third kappa shape index (κ3) is 4.27. The van der Waals surface area contributed by atoms with Crippen LogP contribution < -0.4 is 4.90 Å². The van der Waals surface area contributed by atoms with Gasteiger partial charge in [-0.25, -0.2) is 0 Å². The number of rotatable bonds is 4. The maximum absolute atomic E-state index is 6.55. The molecule has 1 heterocycles. The normalized spacial score (nSPS) is 14.4. The van der Waals surface area contributed by atoms with Gasteiger partial charge in [-0.1, -0.05) is 166 Å². The van der Waals surface area contributed by atoms with Gasteiger partial charge in [0.1, 0.15) is 11.2 Å². The molecule has 10 aromatic rings. The lowest BCUT2D eigenvalue weighted by Crippen LogP contribution is -2.27. The minimum Gasteiger partial charge on any atom is -0.456 e. The molecule has 0 saturated carbocycles. The molecule has 0 N–H and O–H groups in total. The van der Waals surface area contributed by atoms with Crippen molar-refractivity contribution in [3.8, 4) is 44.5 Å². The first-order chi connectivity index (χ1) is 29.5. The van der Waals surface area contributed by atoms with Crippen LogP contribution in [-0.2, 0) is 10.8 Å². The predicted octanol–water partition coefficient (Wildman–Crippen LogP) is 15.4. The summed E-state index contributed by atoms with van der Waals surface area (Å²) in [7, 11) is 0. The summed E-state index contributed by atoms with van der Waals surface area (Å²) >= 11 is 0. The van der Waals surface area contributed by atoms with Crippen LogP contribution in [0, 0.1) is 0 Å². The molecule has 282 valence electrons. The molecule has 0 unspecified atom stereocenters. The van der Waals surface area contributed by atoms with Gasteiger partial charge in [-0.15, -0.1) is 0 Å². The molecule has 1 spiro atoms. The van der Waals surface area contributed by atoms with E-state index in [0.717, 1.165) is 33.3 Å². The van der Waals surface area contributed by atoms with Crippen molar-refractivity contribution in [3.05, 3.63) is 234 Å². The van der Waals surface area contributed by atoms with Crippen LogP contribution in [0.5, 0.6) is 0 Å². The second-order valence-electron chi connectivity index (χ2n) is 17.2. The zero-order chi connectivity index (χ0) is 39.7. The van der Waals surface area contributed by atoms with Gasteiger partial charge < -0.3 is 9.32 Å². The fraction of sp³-hybridized carbons (Fsp3) is 0.0690. The fourth-order valence-electron chi connectivity index (χ4n) is 11.4. The molecular formula is C58H39NO. The van der Waals surface area contributed by atoms with Gasteiger partial charge in [0.2, 0.25) is 0 Å². The Kier molecular flexibility index (Phi) is 6.74. The second kappa shape index (κ2) is 12.1. The van der Waals surface area contributed by atoms with Gasteiger partial charge in [-0.3, -0.25) is 0 Å². The molecule has 13 rings (SSSR count). The highest BCUT2D eigenvalue weighted by molar-refractivity contribution is 6.09. The molecule has 0 fully saturated rings. The lowest BCUT2D eigenvalue weighted by molar-refractivity contribution is 0.660. The maximum atomic E-state index is 6.55. The van der Waals surface area contributed by atoms with Gasteiger partial charge in [-0.05, 0) is 126 Å². The number of anilines is 3. The Morgan fingerprint density at radius 1 is 0.383 bits per heavy atom. The molecule has 0 saturated heterocycles. The molecule has 9 aromatic carbocycles. The van der Waals surface area contributed by atoms with E-state index in [0.29, 0.717) is 0 Å². The van der Waals surface area contributed by atoms with Crippen LogP contribution in [0.25, 0.3) is 66.4 Å². The van der Waals surface area contributed by atoms with E-state index in [4.69, 9.17) is 4.42 Å². The summed E-state index contributed by atoms with van der Waals surface area (Å²) in [6.07, 6.45) is 0. The zero-order valence-corrected chi connectivity index (χ0v) is 33.4. The van der Waals surface area contributed by atoms with E-state index < -0.39 is 5.41 Å². The summed E-state index contributed by atoms with van der Waals surface area (Å²) in [4.78, 5) is 2.52. The van der Waals surface area contributed by atoms with Crippen LogP contribution in [0.1, 0.15) is 47.2 Å². The number of para-hydroxylation sites is 1. The lowest BCUT2D eigenvalue weighted by atomic mass is 9.69. The Morgan fingerprint density at radius 3 is 1.57 bits per heavy atom. The SMILES string of the molecule is CC1(C)c2ccccc2-c2c3c(cc(N(c4ccccc4)c4ccc5oc6ccc(-c7ccccc7)cc6c5c4)c21)C1(c2ccccc2-c2ccccc21)c1ccccc1-3. The van der Waals surface area contributed by atoms with Crippen molar-refractivity contribution in [1.82, 2.24) is 0 Å². The molecule has 60 heavy (non-hydrogen) atoms. The molecule has 2 nitrogen and oxygen atoms in total. The molecule has 3 aliphatic carbocycles. The van der Waals surface area contributed by atoms with Crippen LogP contribution >= 0.6 is 0 Å². The highest BCUT2D eigenvalue weighted by Crippen LogP contribution is 2.68. The minimum absolute atomic E-state index is 0.295. The standard InChI is InChI=1S/C58H39NO/c1-57(2)46-25-13-11-23-42(46)55-54-43-24-12-16-28-49(43)58(47-26-14-9-21-40(47)41-22-10-15-27-48(41)58)50(54)35-51(56(55)57)59(38-19-7-4-8-20-38)39-30-32-53-45(34-39)44-33-37(29-31-52(44)60-53)36-17-5-3-6-18-36/h3-35H,1-2H3. The van der Waals surface area contributed by atoms with Crippen LogP contribution in [0.3, 0.4) is 0 Å². The highest BCUT2D eigenvalue weighted by Gasteiger charge is 2.54.